The topological polar surface area (TPSA) is 61.4 Å². The van der Waals surface area contributed by atoms with Crippen LogP contribution in [0.15, 0.2) is 25.3 Å². The molecule has 1 rings (SSSR count). The van der Waals surface area contributed by atoms with Crippen LogP contribution in [0.25, 0.3) is 0 Å². The molecule has 0 aromatic heterocycles. The Morgan fingerprint density at radius 3 is 2.64 bits per heavy atom. The normalized spacial score (nSPS) is 21.4. The van der Waals surface area contributed by atoms with E-state index in [-0.39, 0.29) is 11.7 Å². The van der Waals surface area contributed by atoms with Gasteiger partial charge in [0.2, 0.25) is 5.91 Å². The van der Waals surface area contributed by atoms with Gasteiger partial charge in [0.15, 0.2) is 5.78 Å². The summed E-state index contributed by atoms with van der Waals surface area (Å²) in [5, 5.41) is 5.78. The maximum Gasteiger partial charge on any atom is 0.248 e. The summed E-state index contributed by atoms with van der Waals surface area (Å²) in [7, 11) is 0. The summed E-state index contributed by atoms with van der Waals surface area (Å²) >= 11 is 0. The van der Waals surface area contributed by atoms with Gasteiger partial charge in [0.1, 0.15) is 6.17 Å². The van der Waals surface area contributed by atoms with E-state index in [1.54, 1.807) is 0 Å². The van der Waals surface area contributed by atoms with Crippen LogP contribution in [0.5, 0.6) is 0 Å². The molecule has 1 aliphatic heterocycles. The van der Waals surface area contributed by atoms with Crippen molar-refractivity contribution < 1.29 is 9.59 Å². The van der Waals surface area contributed by atoms with Crippen LogP contribution in [0.3, 0.4) is 0 Å². The fraction of sp³-hybridized carbons (Fsp3) is 0.333. The van der Waals surface area contributed by atoms with E-state index < -0.39 is 6.17 Å². The summed E-state index contributed by atoms with van der Waals surface area (Å²) in [5.74, 6) is -0.508. The van der Waals surface area contributed by atoms with E-state index in [4.69, 9.17) is 0 Å². The predicted molar refractivity (Wildman–Crippen MR) is 52.0 cm³/mol. The molecule has 1 atom stereocenters. The molecule has 14 heavy (non-hydrogen) atoms. The SMILES string of the molecule is C=CC(=O)C1NCNCN1C(=O)C=C. The number of carbonyl (C=O) groups excluding carboxylic acids is 2. The second-order valence-electron chi connectivity index (χ2n) is 2.81. The van der Waals surface area contributed by atoms with Gasteiger partial charge in [-0.1, -0.05) is 13.2 Å². The highest BCUT2D eigenvalue weighted by Gasteiger charge is 2.28. The quantitative estimate of drug-likeness (QED) is 0.578. The second-order valence-corrected chi connectivity index (χ2v) is 2.81. The number of rotatable bonds is 3. The summed E-state index contributed by atoms with van der Waals surface area (Å²) in [6.45, 7) is 7.58. The molecule has 0 spiro atoms. The van der Waals surface area contributed by atoms with Gasteiger partial charge in [-0.3, -0.25) is 20.2 Å². The summed E-state index contributed by atoms with van der Waals surface area (Å²) in [4.78, 5) is 24.1. The highest BCUT2D eigenvalue weighted by Crippen LogP contribution is 2.02. The number of hydrogen-bond acceptors (Lipinski definition) is 4. The van der Waals surface area contributed by atoms with Gasteiger partial charge >= 0.3 is 0 Å². The third-order valence-electron chi connectivity index (χ3n) is 1.94. The maximum absolute atomic E-state index is 11.4. The van der Waals surface area contributed by atoms with Crippen molar-refractivity contribution in [2.75, 3.05) is 13.3 Å². The maximum atomic E-state index is 11.4. The number of amides is 1. The van der Waals surface area contributed by atoms with Crippen molar-refractivity contribution in [2.45, 2.75) is 6.17 Å². The Hall–Kier alpha value is -1.46. The van der Waals surface area contributed by atoms with Gasteiger partial charge in [-0.25, -0.2) is 0 Å². The predicted octanol–water partition coefficient (Wildman–Crippen LogP) is -0.810. The van der Waals surface area contributed by atoms with Crippen LogP contribution in [-0.4, -0.2) is 36.1 Å². The zero-order valence-corrected chi connectivity index (χ0v) is 7.82. The molecule has 2 N–H and O–H groups in total. The summed E-state index contributed by atoms with van der Waals surface area (Å²) in [6.07, 6.45) is 1.75. The lowest BCUT2D eigenvalue weighted by atomic mass is 10.2. The molecular formula is C9H13N3O2. The van der Waals surface area contributed by atoms with E-state index in [1.807, 2.05) is 0 Å². The highest BCUT2D eigenvalue weighted by atomic mass is 16.2. The number of carbonyl (C=O) groups is 2. The molecule has 5 nitrogen and oxygen atoms in total. The van der Waals surface area contributed by atoms with Crippen LogP contribution in [0.1, 0.15) is 0 Å². The Morgan fingerprint density at radius 2 is 2.07 bits per heavy atom. The zero-order chi connectivity index (χ0) is 10.6. The van der Waals surface area contributed by atoms with Crippen LogP contribution >= 0.6 is 0 Å². The van der Waals surface area contributed by atoms with Crippen molar-refractivity contribution in [1.82, 2.24) is 15.5 Å². The van der Waals surface area contributed by atoms with Gasteiger partial charge in [-0.15, -0.1) is 0 Å². The molecular weight excluding hydrogens is 182 g/mol. The summed E-state index contributed by atoms with van der Waals surface area (Å²) in [6, 6.07) is 0. The Bertz CT molecular complexity index is 247. The van der Waals surface area contributed by atoms with Crippen molar-refractivity contribution in [1.29, 1.82) is 0 Å². The first-order chi connectivity index (χ1) is 6.70. The van der Waals surface area contributed by atoms with Crippen LogP contribution < -0.4 is 10.6 Å². The standard InChI is InChI=1S/C9H13N3O2/c1-3-7(13)9-11-5-10-6-12(9)8(14)4-2/h3-4,9-11H,1-2,5-6H2. The third-order valence-corrected chi connectivity index (χ3v) is 1.94. The molecule has 0 saturated carbocycles. The second kappa shape index (κ2) is 4.69. The van der Waals surface area contributed by atoms with Crippen LogP contribution in [0.4, 0.5) is 0 Å². The molecule has 1 saturated heterocycles. The highest BCUT2D eigenvalue weighted by molar-refractivity contribution is 5.98. The lowest BCUT2D eigenvalue weighted by Crippen LogP contribution is -2.62. The molecule has 0 aromatic carbocycles. The zero-order valence-electron chi connectivity index (χ0n) is 7.82. The monoisotopic (exact) mass is 195 g/mol. The minimum atomic E-state index is -0.626. The van der Waals surface area contributed by atoms with E-state index >= 15 is 0 Å². The molecule has 1 heterocycles. The molecule has 76 valence electrons. The third kappa shape index (κ3) is 2.07. The van der Waals surface area contributed by atoms with E-state index in [1.165, 1.54) is 17.1 Å². The van der Waals surface area contributed by atoms with Crippen molar-refractivity contribution in [3.05, 3.63) is 25.3 Å². The molecule has 1 fully saturated rings. The number of ketones is 1. The Morgan fingerprint density at radius 1 is 1.36 bits per heavy atom. The molecule has 0 radical (unpaired) electrons. The molecule has 0 aliphatic carbocycles. The van der Waals surface area contributed by atoms with Gasteiger partial charge in [-0.2, -0.15) is 0 Å². The smallest absolute Gasteiger partial charge is 0.248 e. The van der Waals surface area contributed by atoms with Crippen molar-refractivity contribution >= 4 is 11.7 Å². The Balaban J connectivity index is 2.77. The Kier molecular flexibility index (Phi) is 3.55. The minimum absolute atomic E-state index is 0.221. The van der Waals surface area contributed by atoms with Gasteiger partial charge in [0, 0.05) is 6.67 Å². The average Bonchev–Trinajstić information content (AvgIpc) is 2.27. The molecule has 5 heteroatoms. The van der Waals surface area contributed by atoms with E-state index in [0.717, 1.165) is 0 Å². The van der Waals surface area contributed by atoms with E-state index in [9.17, 15) is 9.59 Å². The molecule has 0 aromatic rings. The van der Waals surface area contributed by atoms with Gasteiger partial charge in [0.25, 0.3) is 0 Å². The summed E-state index contributed by atoms with van der Waals surface area (Å²) < 4.78 is 0. The van der Waals surface area contributed by atoms with Crippen LogP contribution in [0, 0.1) is 0 Å². The van der Waals surface area contributed by atoms with Crippen molar-refractivity contribution in [2.24, 2.45) is 0 Å². The molecule has 1 aliphatic rings. The van der Waals surface area contributed by atoms with Gasteiger partial charge in [-0.05, 0) is 12.2 Å². The lowest BCUT2D eigenvalue weighted by Gasteiger charge is -2.34. The first-order valence-corrected chi connectivity index (χ1v) is 4.24. The first kappa shape index (κ1) is 10.6. The number of nitrogens with one attached hydrogen (secondary N) is 2. The number of hydrogen-bond donors (Lipinski definition) is 2. The van der Waals surface area contributed by atoms with Crippen molar-refractivity contribution in [3.63, 3.8) is 0 Å². The van der Waals surface area contributed by atoms with Crippen molar-refractivity contribution in [3.8, 4) is 0 Å². The average molecular weight is 195 g/mol. The van der Waals surface area contributed by atoms with Crippen LogP contribution in [0.2, 0.25) is 0 Å². The van der Waals surface area contributed by atoms with E-state index in [2.05, 4.69) is 23.8 Å². The molecule has 1 unspecified atom stereocenters. The fourth-order valence-electron chi connectivity index (χ4n) is 1.23. The fourth-order valence-corrected chi connectivity index (χ4v) is 1.23. The molecule has 1 amide bonds. The summed E-state index contributed by atoms with van der Waals surface area (Å²) in [5.41, 5.74) is 0. The molecule has 0 bridgehead atoms. The largest absolute Gasteiger partial charge is 0.303 e. The number of nitrogens with zero attached hydrogens (tertiary/aromatic N) is 1. The van der Waals surface area contributed by atoms with Gasteiger partial charge < -0.3 is 4.90 Å². The lowest BCUT2D eigenvalue weighted by molar-refractivity contribution is -0.137. The minimum Gasteiger partial charge on any atom is -0.303 e. The first-order valence-electron chi connectivity index (χ1n) is 4.24. The van der Waals surface area contributed by atoms with E-state index in [0.29, 0.717) is 13.3 Å². The Labute approximate surface area is 82.5 Å². The van der Waals surface area contributed by atoms with Gasteiger partial charge in [0.05, 0.1) is 6.67 Å². The van der Waals surface area contributed by atoms with Crippen LogP contribution in [-0.2, 0) is 9.59 Å².